The molecule has 1 saturated carbocycles. The van der Waals surface area contributed by atoms with E-state index < -0.39 is 17.7 Å². The number of aromatic nitrogens is 2. The summed E-state index contributed by atoms with van der Waals surface area (Å²) in [6, 6.07) is 12.5. The topological polar surface area (TPSA) is 70.5 Å². The fourth-order valence-electron chi connectivity index (χ4n) is 7.81. The molecule has 3 aromatic rings. The summed E-state index contributed by atoms with van der Waals surface area (Å²) in [4.78, 5) is 35.7. The Labute approximate surface area is 251 Å². The number of aryl methyl sites for hydroxylation is 1. The minimum Gasteiger partial charge on any atom is -0.324 e. The van der Waals surface area contributed by atoms with Crippen LogP contribution in [-0.2, 0) is 6.54 Å². The number of benzene rings is 2. The standard InChI is InChI=1S/C34H41F2N5O2/c1-23-7-3-4-8-27(23)30-19-32(42)40(22-38-30)20-24-11-15-39(21-34(24)13-5-6-14-34)33(43)41-16-12-26(37-2)18-31(41)28-17-25(35)9-10-29(28)36/h3-4,7-10,17,19,22,24,26,31,37H,5-6,11-16,18,20-21H2,1-2H3/t24?,26-,31+/m1/s1. The molecule has 7 nitrogen and oxygen atoms in total. The number of rotatable bonds is 5. The van der Waals surface area contributed by atoms with Gasteiger partial charge < -0.3 is 15.1 Å². The first-order valence-electron chi connectivity index (χ1n) is 15.6. The maximum absolute atomic E-state index is 15.0. The highest BCUT2D eigenvalue weighted by molar-refractivity contribution is 5.75. The van der Waals surface area contributed by atoms with Crippen molar-refractivity contribution in [2.75, 3.05) is 26.7 Å². The molecule has 2 aliphatic heterocycles. The molecule has 1 aromatic heterocycles. The average Bonchev–Trinajstić information content (AvgIpc) is 3.48. The van der Waals surface area contributed by atoms with Crippen molar-refractivity contribution >= 4 is 6.03 Å². The lowest BCUT2D eigenvalue weighted by atomic mass is 9.69. The Morgan fingerprint density at radius 2 is 1.86 bits per heavy atom. The Morgan fingerprint density at radius 3 is 2.60 bits per heavy atom. The molecule has 43 heavy (non-hydrogen) atoms. The number of carbonyl (C=O) groups is 1. The van der Waals surface area contributed by atoms with Gasteiger partial charge >= 0.3 is 6.03 Å². The smallest absolute Gasteiger partial charge is 0.320 e. The van der Waals surface area contributed by atoms with E-state index in [0.29, 0.717) is 38.3 Å². The second-order valence-electron chi connectivity index (χ2n) is 12.7. The highest BCUT2D eigenvalue weighted by atomic mass is 19.1. The maximum atomic E-state index is 15.0. The van der Waals surface area contributed by atoms with Crippen LogP contribution in [0.2, 0.25) is 0 Å². The number of likely N-dealkylation sites (tertiary alicyclic amines) is 2. The number of hydrogen-bond acceptors (Lipinski definition) is 4. The van der Waals surface area contributed by atoms with Gasteiger partial charge in [-0.3, -0.25) is 9.36 Å². The molecule has 3 heterocycles. The van der Waals surface area contributed by atoms with Crippen LogP contribution in [0.4, 0.5) is 13.6 Å². The summed E-state index contributed by atoms with van der Waals surface area (Å²) in [6.07, 6.45) is 7.96. The van der Waals surface area contributed by atoms with E-state index in [1.165, 1.54) is 6.07 Å². The van der Waals surface area contributed by atoms with Crippen molar-refractivity contribution in [3.8, 4) is 11.3 Å². The molecule has 3 aliphatic rings. The number of halogens is 2. The fourth-order valence-corrected chi connectivity index (χ4v) is 7.81. The van der Waals surface area contributed by atoms with E-state index in [2.05, 4.69) is 10.3 Å². The molecule has 6 rings (SSSR count). The largest absolute Gasteiger partial charge is 0.324 e. The third-order valence-electron chi connectivity index (χ3n) is 10.3. The summed E-state index contributed by atoms with van der Waals surface area (Å²) < 4.78 is 30.9. The van der Waals surface area contributed by atoms with Crippen LogP contribution in [0.5, 0.6) is 0 Å². The van der Waals surface area contributed by atoms with Gasteiger partial charge in [0.2, 0.25) is 0 Å². The minimum absolute atomic E-state index is 0.0627. The van der Waals surface area contributed by atoms with Crippen molar-refractivity contribution in [1.82, 2.24) is 24.7 Å². The van der Waals surface area contributed by atoms with Crippen molar-refractivity contribution in [2.24, 2.45) is 11.3 Å². The van der Waals surface area contributed by atoms with E-state index in [4.69, 9.17) is 0 Å². The van der Waals surface area contributed by atoms with Gasteiger partial charge in [-0.15, -0.1) is 0 Å². The summed E-state index contributed by atoms with van der Waals surface area (Å²) in [7, 11) is 1.87. The third-order valence-corrected chi connectivity index (χ3v) is 10.3. The molecule has 1 aliphatic carbocycles. The van der Waals surface area contributed by atoms with Gasteiger partial charge in [-0.05, 0) is 81.2 Å². The molecule has 9 heteroatoms. The SMILES string of the molecule is CN[C@@H]1CCN(C(=O)N2CCC(Cn3cnc(-c4ccccc4C)cc3=O)C3(CCCC3)C2)[C@H](c2cc(F)ccc2F)C1. The van der Waals surface area contributed by atoms with Gasteiger partial charge in [-0.1, -0.05) is 37.1 Å². The molecule has 0 bridgehead atoms. The summed E-state index contributed by atoms with van der Waals surface area (Å²) >= 11 is 0. The molecule has 2 amide bonds. The van der Waals surface area contributed by atoms with Crippen LogP contribution in [0.15, 0.2) is 59.7 Å². The molecule has 228 valence electrons. The van der Waals surface area contributed by atoms with Crippen molar-refractivity contribution in [2.45, 2.75) is 70.5 Å². The van der Waals surface area contributed by atoms with Gasteiger partial charge in [-0.2, -0.15) is 0 Å². The molecule has 1 N–H and O–H groups in total. The van der Waals surface area contributed by atoms with E-state index in [0.717, 1.165) is 61.8 Å². The molecule has 1 unspecified atom stereocenters. The number of piperidine rings is 2. The van der Waals surface area contributed by atoms with Gasteiger partial charge in [0.05, 0.1) is 18.1 Å². The van der Waals surface area contributed by atoms with E-state index in [1.54, 1.807) is 21.9 Å². The van der Waals surface area contributed by atoms with Crippen molar-refractivity contribution < 1.29 is 13.6 Å². The number of hydrogen-bond donors (Lipinski definition) is 1. The van der Waals surface area contributed by atoms with Crippen molar-refractivity contribution in [3.63, 3.8) is 0 Å². The monoisotopic (exact) mass is 589 g/mol. The minimum atomic E-state index is -0.539. The first-order chi connectivity index (χ1) is 20.8. The van der Waals surface area contributed by atoms with Gasteiger partial charge in [0.1, 0.15) is 11.6 Å². The highest BCUT2D eigenvalue weighted by Gasteiger charge is 2.47. The van der Waals surface area contributed by atoms with Gasteiger partial charge in [0.15, 0.2) is 0 Å². The lowest BCUT2D eigenvalue weighted by Gasteiger charge is -2.49. The van der Waals surface area contributed by atoms with E-state index >= 15 is 0 Å². The van der Waals surface area contributed by atoms with Gasteiger partial charge in [0, 0.05) is 49.4 Å². The molecule has 0 radical (unpaired) electrons. The Balaban J connectivity index is 1.21. The van der Waals surface area contributed by atoms with Crippen LogP contribution in [-0.4, -0.2) is 58.1 Å². The lowest BCUT2D eigenvalue weighted by molar-refractivity contribution is 0.0205. The Kier molecular flexibility index (Phi) is 8.36. The first-order valence-corrected chi connectivity index (χ1v) is 15.6. The number of urea groups is 1. The first kappa shape index (κ1) is 29.5. The molecule has 2 aromatic carbocycles. The summed E-state index contributed by atoms with van der Waals surface area (Å²) in [6.45, 7) is 4.25. The molecule has 2 saturated heterocycles. The molecular weight excluding hydrogens is 548 g/mol. The zero-order valence-electron chi connectivity index (χ0n) is 25.1. The van der Waals surface area contributed by atoms with E-state index in [9.17, 15) is 18.4 Å². The molecular formula is C34H41F2N5O2. The van der Waals surface area contributed by atoms with Crippen LogP contribution in [0.3, 0.4) is 0 Å². The van der Waals surface area contributed by atoms with Crippen LogP contribution >= 0.6 is 0 Å². The predicted octanol–water partition coefficient (Wildman–Crippen LogP) is 5.92. The van der Waals surface area contributed by atoms with E-state index in [-0.39, 0.29) is 34.5 Å². The quantitative estimate of drug-likeness (QED) is 0.401. The summed E-state index contributed by atoms with van der Waals surface area (Å²) in [5.74, 6) is -0.744. The average molecular weight is 590 g/mol. The fraction of sp³-hybridized carbons (Fsp3) is 0.500. The molecule has 3 atom stereocenters. The number of nitrogens with zero attached hydrogens (tertiary/aromatic N) is 4. The van der Waals surface area contributed by atoms with Gasteiger partial charge in [0.25, 0.3) is 5.56 Å². The summed E-state index contributed by atoms with van der Waals surface area (Å²) in [5.41, 5.74) is 2.81. The molecule has 1 spiro atoms. The van der Waals surface area contributed by atoms with Crippen LogP contribution in [0, 0.1) is 29.9 Å². The zero-order valence-corrected chi connectivity index (χ0v) is 25.1. The Hall–Kier alpha value is -3.59. The van der Waals surface area contributed by atoms with Crippen molar-refractivity contribution in [3.05, 3.63) is 88.0 Å². The predicted molar refractivity (Wildman–Crippen MR) is 163 cm³/mol. The number of carbonyl (C=O) groups excluding carboxylic acids is 1. The number of amides is 2. The lowest BCUT2D eigenvalue weighted by Crippen LogP contribution is -2.57. The van der Waals surface area contributed by atoms with Crippen LogP contribution in [0.25, 0.3) is 11.3 Å². The molecule has 3 fully saturated rings. The van der Waals surface area contributed by atoms with Crippen LogP contribution < -0.4 is 10.9 Å². The Morgan fingerprint density at radius 1 is 1.07 bits per heavy atom. The summed E-state index contributed by atoms with van der Waals surface area (Å²) in [5, 5.41) is 3.26. The van der Waals surface area contributed by atoms with E-state index in [1.807, 2.05) is 43.1 Å². The third kappa shape index (κ3) is 5.84. The Bertz CT molecular complexity index is 1540. The normalized spacial score (nSPS) is 23.6. The second-order valence-corrected chi connectivity index (χ2v) is 12.7. The second kappa shape index (κ2) is 12.2. The van der Waals surface area contributed by atoms with Crippen molar-refractivity contribution in [1.29, 1.82) is 0 Å². The highest BCUT2D eigenvalue weighted by Crippen LogP contribution is 2.49. The zero-order chi connectivity index (χ0) is 30.1. The van der Waals surface area contributed by atoms with Gasteiger partial charge in [-0.25, -0.2) is 18.6 Å². The number of nitrogens with one attached hydrogen (secondary N) is 1. The van der Waals surface area contributed by atoms with Crippen LogP contribution in [0.1, 0.15) is 62.1 Å². The maximum Gasteiger partial charge on any atom is 0.320 e.